The lowest BCUT2D eigenvalue weighted by atomic mass is 10.1. The van der Waals surface area contributed by atoms with Crippen molar-refractivity contribution in [1.29, 1.82) is 0 Å². The summed E-state index contributed by atoms with van der Waals surface area (Å²) in [6.45, 7) is 0.103. The molecule has 0 unspecified atom stereocenters. The van der Waals surface area contributed by atoms with Crippen LogP contribution in [0.1, 0.15) is 33.0 Å². The van der Waals surface area contributed by atoms with Gasteiger partial charge in [-0.15, -0.1) is 0 Å². The topological polar surface area (TPSA) is 98.6 Å². The number of ether oxygens (including phenoxy) is 1. The maximum atomic E-state index is 13.8. The molecule has 4 aromatic rings. The third-order valence-corrected chi connectivity index (χ3v) is 8.47. The third kappa shape index (κ3) is 3.93. The van der Waals surface area contributed by atoms with Crippen molar-refractivity contribution >= 4 is 56.1 Å². The van der Waals surface area contributed by atoms with Crippen molar-refractivity contribution in [3.8, 4) is 5.75 Å². The first-order valence-electron chi connectivity index (χ1n) is 10.9. The highest BCUT2D eigenvalue weighted by Gasteiger charge is 2.35. The van der Waals surface area contributed by atoms with Crippen LogP contribution in [-0.2, 0) is 16.4 Å². The summed E-state index contributed by atoms with van der Waals surface area (Å²) in [6, 6.07) is 15.9. The fraction of sp³-hybridized carbons (Fsp3) is 0.160. The van der Waals surface area contributed by atoms with Crippen molar-refractivity contribution in [2.45, 2.75) is 17.7 Å². The van der Waals surface area contributed by atoms with Gasteiger partial charge in [-0.05, 0) is 42.8 Å². The van der Waals surface area contributed by atoms with E-state index >= 15 is 0 Å². The standard InChI is InChI=1S/C25H19Cl2N3O5S/c1-35-21-9-4-5-10-22(21)36(33,34)30-20-14-18(27)17(26)13-19(20)28-23(30)11-6-12-29-24(31)15-7-2-3-8-16(15)25(29)32/h2-5,7-10,13-14H,6,11-12H2,1H3. The van der Waals surface area contributed by atoms with Crippen molar-refractivity contribution in [2.24, 2.45) is 0 Å². The van der Waals surface area contributed by atoms with Crippen molar-refractivity contribution in [3.05, 3.63) is 87.7 Å². The molecule has 1 aromatic heterocycles. The van der Waals surface area contributed by atoms with E-state index in [1.54, 1.807) is 42.5 Å². The van der Waals surface area contributed by atoms with Crippen LogP contribution in [0.3, 0.4) is 0 Å². The highest BCUT2D eigenvalue weighted by Crippen LogP contribution is 2.33. The minimum atomic E-state index is -4.16. The lowest BCUT2D eigenvalue weighted by Gasteiger charge is -2.15. The van der Waals surface area contributed by atoms with Crippen LogP contribution in [0.15, 0.2) is 65.6 Å². The second-order valence-corrected chi connectivity index (χ2v) is 10.7. The number of rotatable bonds is 7. The number of hydrogen-bond donors (Lipinski definition) is 0. The minimum Gasteiger partial charge on any atom is -0.495 e. The second kappa shape index (κ2) is 9.24. The first kappa shape index (κ1) is 24.3. The van der Waals surface area contributed by atoms with Crippen LogP contribution in [0.4, 0.5) is 0 Å². The summed E-state index contributed by atoms with van der Waals surface area (Å²) in [6.07, 6.45) is 0.448. The molecule has 5 rings (SSSR count). The number of carbonyl (C=O) groups excluding carboxylic acids is 2. The highest BCUT2D eigenvalue weighted by atomic mass is 35.5. The molecule has 8 nitrogen and oxygen atoms in total. The molecule has 3 aromatic carbocycles. The Labute approximate surface area is 217 Å². The Morgan fingerprint density at radius 2 is 1.53 bits per heavy atom. The van der Waals surface area contributed by atoms with Crippen LogP contribution in [-0.4, -0.2) is 47.7 Å². The normalized spacial score (nSPS) is 13.5. The van der Waals surface area contributed by atoms with E-state index in [2.05, 4.69) is 4.98 Å². The molecule has 0 spiro atoms. The maximum Gasteiger partial charge on any atom is 0.273 e. The number of para-hydroxylation sites is 1. The van der Waals surface area contributed by atoms with Gasteiger partial charge in [-0.1, -0.05) is 47.5 Å². The Hall–Kier alpha value is -3.40. The van der Waals surface area contributed by atoms with Gasteiger partial charge in [-0.25, -0.2) is 17.4 Å². The number of imide groups is 1. The number of aryl methyl sites for hydroxylation is 1. The zero-order chi connectivity index (χ0) is 25.6. The lowest BCUT2D eigenvalue weighted by Crippen LogP contribution is -2.31. The molecule has 0 atom stereocenters. The molecule has 0 N–H and O–H groups in total. The third-order valence-electron chi connectivity index (χ3n) is 5.97. The summed E-state index contributed by atoms with van der Waals surface area (Å²) in [5.74, 6) is -0.351. The Morgan fingerprint density at radius 3 is 2.19 bits per heavy atom. The predicted molar refractivity (Wildman–Crippen MR) is 135 cm³/mol. The Bertz CT molecular complexity index is 1610. The zero-order valence-electron chi connectivity index (χ0n) is 18.9. The number of halogens is 2. The summed E-state index contributed by atoms with van der Waals surface area (Å²) >= 11 is 12.4. The maximum absolute atomic E-state index is 13.8. The van der Waals surface area contributed by atoms with Gasteiger partial charge in [0.05, 0.1) is 39.3 Å². The number of benzene rings is 3. The van der Waals surface area contributed by atoms with E-state index in [-0.39, 0.29) is 63.2 Å². The van der Waals surface area contributed by atoms with Crippen molar-refractivity contribution in [1.82, 2.24) is 13.9 Å². The van der Waals surface area contributed by atoms with Gasteiger partial charge in [0.2, 0.25) is 0 Å². The van der Waals surface area contributed by atoms with E-state index in [0.717, 1.165) is 3.97 Å². The first-order chi connectivity index (χ1) is 17.2. The molecule has 0 radical (unpaired) electrons. The molecule has 2 amide bonds. The van der Waals surface area contributed by atoms with Gasteiger partial charge in [-0.2, -0.15) is 0 Å². The molecule has 11 heteroatoms. The predicted octanol–water partition coefficient (Wildman–Crippen LogP) is 4.82. The van der Waals surface area contributed by atoms with Crippen LogP contribution < -0.4 is 4.74 Å². The van der Waals surface area contributed by atoms with Crippen molar-refractivity contribution in [2.75, 3.05) is 13.7 Å². The number of amides is 2. The largest absolute Gasteiger partial charge is 0.495 e. The minimum absolute atomic E-state index is 0.0422. The Kier molecular flexibility index (Phi) is 6.23. The SMILES string of the molecule is COc1ccccc1S(=O)(=O)n1c(CCCN2C(=O)c3ccccc3C2=O)nc2cc(Cl)c(Cl)cc21. The Balaban J connectivity index is 1.52. The number of aromatic nitrogens is 2. The molecule has 0 saturated heterocycles. The Morgan fingerprint density at radius 1 is 0.917 bits per heavy atom. The van der Waals surface area contributed by atoms with Crippen LogP contribution in [0.2, 0.25) is 10.0 Å². The van der Waals surface area contributed by atoms with Crippen molar-refractivity contribution < 1.29 is 22.7 Å². The second-order valence-electron chi connectivity index (χ2n) is 8.11. The van der Waals surface area contributed by atoms with Gasteiger partial charge < -0.3 is 4.74 Å². The number of nitrogens with zero attached hydrogens (tertiary/aromatic N) is 3. The van der Waals surface area contributed by atoms with Crippen LogP contribution in [0, 0.1) is 0 Å². The fourth-order valence-corrected chi connectivity index (χ4v) is 6.28. The van der Waals surface area contributed by atoms with Crippen LogP contribution >= 0.6 is 23.2 Å². The molecule has 1 aliphatic rings. The van der Waals surface area contributed by atoms with Gasteiger partial charge in [0, 0.05) is 13.0 Å². The molecular formula is C25H19Cl2N3O5S. The first-order valence-corrected chi connectivity index (χ1v) is 13.1. The molecule has 0 saturated carbocycles. The number of carbonyl (C=O) groups is 2. The highest BCUT2D eigenvalue weighted by molar-refractivity contribution is 7.90. The van der Waals surface area contributed by atoms with Gasteiger partial charge >= 0.3 is 0 Å². The number of methoxy groups -OCH3 is 1. The van der Waals surface area contributed by atoms with Crippen LogP contribution in [0.5, 0.6) is 5.75 Å². The smallest absolute Gasteiger partial charge is 0.273 e. The summed E-state index contributed by atoms with van der Waals surface area (Å²) in [7, 11) is -2.77. The molecule has 2 heterocycles. The molecule has 36 heavy (non-hydrogen) atoms. The van der Waals surface area contributed by atoms with E-state index < -0.39 is 10.0 Å². The van der Waals surface area contributed by atoms with E-state index in [9.17, 15) is 18.0 Å². The van der Waals surface area contributed by atoms with Gasteiger partial charge in [0.25, 0.3) is 21.8 Å². The van der Waals surface area contributed by atoms with Gasteiger partial charge in [0.15, 0.2) is 0 Å². The van der Waals surface area contributed by atoms with E-state index in [1.807, 2.05) is 0 Å². The quantitative estimate of drug-likeness (QED) is 0.310. The summed E-state index contributed by atoms with van der Waals surface area (Å²) in [4.78, 5) is 31.0. The fourth-order valence-electron chi connectivity index (χ4n) is 4.29. The monoisotopic (exact) mass is 543 g/mol. The van der Waals surface area contributed by atoms with E-state index in [4.69, 9.17) is 27.9 Å². The van der Waals surface area contributed by atoms with Crippen molar-refractivity contribution in [3.63, 3.8) is 0 Å². The molecule has 0 bridgehead atoms. The zero-order valence-corrected chi connectivity index (χ0v) is 21.3. The molecule has 0 aliphatic carbocycles. The average molecular weight is 544 g/mol. The molecule has 1 aliphatic heterocycles. The average Bonchev–Trinajstić information content (AvgIpc) is 3.34. The van der Waals surface area contributed by atoms with Gasteiger partial charge in [-0.3, -0.25) is 14.5 Å². The molecule has 0 fully saturated rings. The summed E-state index contributed by atoms with van der Waals surface area (Å²) < 4.78 is 34.1. The van der Waals surface area contributed by atoms with Gasteiger partial charge in [0.1, 0.15) is 16.5 Å². The summed E-state index contributed by atoms with van der Waals surface area (Å²) in [5.41, 5.74) is 1.32. The number of imidazole rings is 1. The van der Waals surface area contributed by atoms with E-state index in [0.29, 0.717) is 16.6 Å². The number of fused-ring (bicyclic) bond motifs is 2. The lowest BCUT2D eigenvalue weighted by molar-refractivity contribution is 0.0652. The molecule has 184 valence electrons. The van der Waals surface area contributed by atoms with Crippen LogP contribution in [0.25, 0.3) is 11.0 Å². The summed E-state index contributed by atoms with van der Waals surface area (Å²) in [5, 5.41) is 0.416. The van der Waals surface area contributed by atoms with E-state index in [1.165, 1.54) is 30.2 Å². The number of hydrogen-bond acceptors (Lipinski definition) is 6. The molecular weight excluding hydrogens is 525 g/mol.